The summed E-state index contributed by atoms with van der Waals surface area (Å²) in [6.07, 6.45) is 1.56. The zero-order valence-corrected chi connectivity index (χ0v) is 16.9. The lowest BCUT2D eigenvalue weighted by Gasteiger charge is -2.35. The highest BCUT2D eigenvalue weighted by atomic mass is 15.4. The molecular weight excluding hydrogens is 304 g/mol. The van der Waals surface area contributed by atoms with Crippen molar-refractivity contribution in [2.24, 2.45) is 0 Å². The van der Waals surface area contributed by atoms with Crippen LogP contribution in [0.5, 0.6) is 0 Å². The third kappa shape index (κ3) is 3.15. The van der Waals surface area contributed by atoms with Gasteiger partial charge in [-0.1, -0.05) is 42.3 Å². The van der Waals surface area contributed by atoms with Crippen molar-refractivity contribution in [3.05, 3.63) is 57.6 Å². The predicted molar refractivity (Wildman–Crippen MR) is 110 cm³/mol. The van der Waals surface area contributed by atoms with Crippen LogP contribution in [0.3, 0.4) is 0 Å². The molecule has 0 aromatic heterocycles. The highest BCUT2D eigenvalue weighted by Crippen LogP contribution is 2.37. The summed E-state index contributed by atoms with van der Waals surface area (Å²) in [4.78, 5) is 5.26. The van der Waals surface area contributed by atoms with Crippen LogP contribution in [-0.2, 0) is 0 Å². The smallest absolute Gasteiger partial charge is 0.101 e. The van der Waals surface area contributed by atoms with Gasteiger partial charge >= 0.3 is 0 Å². The molecule has 0 N–H and O–H groups in total. The average Bonchev–Trinajstić information content (AvgIpc) is 2.88. The van der Waals surface area contributed by atoms with Gasteiger partial charge in [0.05, 0.1) is 0 Å². The second-order valence-corrected chi connectivity index (χ2v) is 7.77. The van der Waals surface area contributed by atoms with Crippen LogP contribution in [0.1, 0.15) is 46.7 Å². The van der Waals surface area contributed by atoms with Gasteiger partial charge in [0.25, 0.3) is 0 Å². The van der Waals surface area contributed by atoms with Gasteiger partial charge in [-0.3, -0.25) is 0 Å². The fourth-order valence-electron chi connectivity index (χ4n) is 4.90. The molecule has 25 heavy (non-hydrogen) atoms. The summed E-state index contributed by atoms with van der Waals surface area (Å²) in [6.45, 7) is 17.9. The second-order valence-electron chi connectivity index (χ2n) is 7.77. The van der Waals surface area contributed by atoms with Crippen LogP contribution < -0.4 is 9.80 Å². The van der Waals surface area contributed by atoms with Crippen molar-refractivity contribution in [3.8, 4) is 0 Å². The Bertz CT molecular complexity index is 679. The highest BCUT2D eigenvalue weighted by molar-refractivity contribution is 5.67. The van der Waals surface area contributed by atoms with Gasteiger partial charge in [-0.25, -0.2) is 0 Å². The molecule has 2 heteroatoms. The van der Waals surface area contributed by atoms with Crippen LogP contribution in [-0.4, -0.2) is 19.3 Å². The fourth-order valence-corrected chi connectivity index (χ4v) is 4.90. The first kappa shape index (κ1) is 17.8. The summed E-state index contributed by atoms with van der Waals surface area (Å²) in [5, 5.41) is 0. The standard InChI is InChI=1S/C23H32N2/c1-8-21-24(22-17(4)11-15(2)12-18(22)5)9-10-25(21)23-19(6)13-16(3)14-20(23)7/h11-14,21H,8-10H2,1-7H3. The molecule has 1 heterocycles. The molecule has 0 unspecified atom stereocenters. The average molecular weight is 337 g/mol. The third-order valence-electron chi connectivity index (χ3n) is 5.51. The molecule has 0 atom stereocenters. The molecule has 3 rings (SSSR count). The predicted octanol–water partition coefficient (Wildman–Crippen LogP) is 5.60. The van der Waals surface area contributed by atoms with Crippen molar-refractivity contribution < 1.29 is 0 Å². The van der Waals surface area contributed by atoms with E-state index in [1.165, 1.54) is 44.8 Å². The maximum Gasteiger partial charge on any atom is 0.101 e. The van der Waals surface area contributed by atoms with Crippen LogP contribution in [0, 0.1) is 41.5 Å². The summed E-state index contributed by atoms with van der Waals surface area (Å²) in [5.74, 6) is 0. The number of benzene rings is 2. The van der Waals surface area contributed by atoms with E-state index in [0.29, 0.717) is 6.17 Å². The first-order chi connectivity index (χ1) is 11.8. The van der Waals surface area contributed by atoms with Crippen LogP contribution in [0.4, 0.5) is 11.4 Å². The molecule has 1 saturated heterocycles. The number of anilines is 2. The Balaban J connectivity index is 2.03. The number of hydrogen-bond donors (Lipinski definition) is 0. The maximum absolute atomic E-state index is 2.63. The topological polar surface area (TPSA) is 6.48 Å². The maximum atomic E-state index is 2.63. The van der Waals surface area contributed by atoms with Gasteiger partial charge in [0.1, 0.15) is 6.17 Å². The molecule has 1 aliphatic heterocycles. The molecule has 1 fully saturated rings. The second kappa shape index (κ2) is 6.74. The minimum atomic E-state index is 0.431. The minimum Gasteiger partial charge on any atom is -0.349 e. The van der Waals surface area contributed by atoms with Gasteiger partial charge in [-0.15, -0.1) is 0 Å². The third-order valence-corrected chi connectivity index (χ3v) is 5.51. The molecule has 0 radical (unpaired) electrons. The van der Waals surface area contributed by atoms with Crippen molar-refractivity contribution >= 4 is 11.4 Å². The molecule has 134 valence electrons. The van der Waals surface area contributed by atoms with Crippen molar-refractivity contribution in [1.29, 1.82) is 0 Å². The molecule has 2 aromatic carbocycles. The molecule has 1 aliphatic rings. The Hall–Kier alpha value is -1.96. The Kier molecular flexibility index (Phi) is 4.81. The van der Waals surface area contributed by atoms with Gasteiger partial charge in [-0.2, -0.15) is 0 Å². The van der Waals surface area contributed by atoms with E-state index in [0.717, 1.165) is 19.5 Å². The Labute approximate surface area is 153 Å². The largest absolute Gasteiger partial charge is 0.349 e. The Morgan fingerprint density at radius 3 is 1.28 bits per heavy atom. The van der Waals surface area contributed by atoms with E-state index >= 15 is 0 Å². The van der Waals surface area contributed by atoms with Crippen LogP contribution >= 0.6 is 0 Å². The van der Waals surface area contributed by atoms with Gasteiger partial charge in [0.2, 0.25) is 0 Å². The minimum absolute atomic E-state index is 0.431. The number of aryl methyl sites for hydroxylation is 6. The summed E-state index contributed by atoms with van der Waals surface area (Å²) in [6, 6.07) is 9.28. The van der Waals surface area contributed by atoms with E-state index < -0.39 is 0 Å². The molecule has 0 amide bonds. The van der Waals surface area contributed by atoms with E-state index in [9.17, 15) is 0 Å². The number of nitrogens with zero attached hydrogens (tertiary/aromatic N) is 2. The molecule has 0 spiro atoms. The summed E-state index contributed by atoms with van der Waals surface area (Å²) in [5.41, 5.74) is 11.2. The van der Waals surface area contributed by atoms with E-state index in [-0.39, 0.29) is 0 Å². The Morgan fingerprint density at radius 1 is 0.680 bits per heavy atom. The molecule has 2 nitrogen and oxygen atoms in total. The van der Waals surface area contributed by atoms with Crippen molar-refractivity contribution in [2.75, 3.05) is 22.9 Å². The summed E-state index contributed by atoms with van der Waals surface area (Å²) >= 11 is 0. The first-order valence-corrected chi connectivity index (χ1v) is 9.52. The number of hydrogen-bond acceptors (Lipinski definition) is 2. The lowest BCUT2D eigenvalue weighted by molar-refractivity contribution is 0.641. The Morgan fingerprint density at radius 2 is 1.00 bits per heavy atom. The molecule has 0 saturated carbocycles. The lowest BCUT2D eigenvalue weighted by Crippen LogP contribution is -2.39. The normalized spacial score (nSPS) is 15.3. The first-order valence-electron chi connectivity index (χ1n) is 9.52. The van der Waals surface area contributed by atoms with E-state index in [4.69, 9.17) is 0 Å². The molecule has 0 aliphatic carbocycles. The fraction of sp³-hybridized carbons (Fsp3) is 0.478. The quantitative estimate of drug-likeness (QED) is 0.720. The highest BCUT2D eigenvalue weighted by Gasteiger charge is 2.33. The van der Waals surface area contributed by atoms with E-state index in [1.54, 1.807) is 0 Å². The van der Waals surface area contributed by atoms with Crippen molar-refractivity contribution in [2.45, 2.75) is 61.1 Å². The van der Waals surface area contributed by atoms with Crippen LogP contribution in [0.15, 0.2) is 24.3 Å². The van der Waals surface area contributed by atoms with Crippen LogP contribution in [0.25, 0.3) is 0 Å². The zero-order chi connectivity index (χ0) is 18.3. The van der Waals surface area contributed by atoms with Gasteiger partial charge in [0, 0.05) is 24.5 Å². The lowest BCUT2D eigenvalue weighted by atomic mass is 10.0. The van der Waals surface area contributed by atoms with Gasteiger partial charge < -0.3 is 9.80 Å². The SMILES string of the molecule is CCC1N(c2c(C)cc(C)cc2C)CCN1c1c(C)cc(C)cc1C. The summed E-state index contributed by atoms with van der Waals surface area (Å²) in [7, 11) is 0. The molecular formula is C23H32N2. The summed E-state index contributed by atoms with van der Waals surface area (Å²) < 4.78 is 0. The zero-order valence-electron chi connectivity index (χ0n) is 16.9. The molecule has 2 aromatic rings. The van der Waals surface area contributed by atoms with E-state index in [1.807, 2.05) is 0 Å². The van der Waals surface area contributed by atoms with Gasteiger partial charge in [-0.05, 0) is 70.2 Å². The number of rotatable bonds is 3. The van der Waals surface area contributed by atoms with Crippen LogP contribution in [0.2, 0.25) is 0 Å². The monoisotopic (exact) mass is 336 g/mol. The van der Waals surface area contributed by atoms with Crippen molar-refractivity contribution in [3.63, 3.8) is 0 Å². The van der Waals surface area contributed by atoms with E-state index in [2.05, 4.69) is 82.5 Å². The molecule has 0 bridgehead atoms. The van der Waals surface area contributed by atoms with Gasteiger partial charge in [0.15, 0.2) is 0 Å². The van der Waals surface area contributed by atoms with Crippen molar-refractivity contribution in [1.82, 2.24) is 0 Å².